The van der Waals surface area contributed by atoms with Gasteiger partial charge in [0.2, 0.25) is 5.88 Å². The number of methoxy groups -OCH3 is 1. The molecule has 3 fully saturated rings. The maximum Gasteiger partial charge on any atom is 0.212 e. The second-order valence-corrected chi connectivity index (χ2v) is 12.1. The Morgan fingerprint density at radius 1 is 0.977 bits per heavy atom. The van der Waals surface area contributed by atoms with Crippen LogP contribution < -0.4 is 14.4 Å². The number of ether oxygens (including phenoxy) is 3. The van der Waals surface area contributed by atoms with Crippen LogP contribution in [0.3, 0.4) is 0 Å². The summed E-state index contributed by atoms with van der Waals surface area (Å²) in [5.74, 6) is 2.37. The Morgan fingerprint density at radius 3 is 2.52 bits per heavy atom. The third kappa shape index (κ3) is 5.93. The van der Waals surface area contributed by atoms with Crippen LogP contribution in [0, 0.1) is 16.7 Å². The van der Waals surface area contributed by atoms with Crippen molar-refractivity contribution in [2.75, 3.05) is 77.6 Å². The molecule has 7 heterocycles. The van der Waals surface area contributed by atoms with Crippen molar-refractivity contribution in [2.45, 2.75) is 19.4 Å². The van der Waals surface area contributed by atoms with Crippen molar-refractivity contribution in [3.05, 3.63) is 66.2 Å². The zero-order valence-electron chi connectivity index (χ0n) is 25.2. The van der Waals surface area contributed by atoms with Gasteiger partial charge in [-0.2, -0.15) is 10.4 Å². The second kappa shape index (κ2) is 12.4. The number of anilines is 1. The molecule has 0 unspecified atom stereocenters. The van der Waals surface area contributed by atoms with Gasteiger partial charge < -0.3 is 19.1 Å². The Bertz CT molecular complexity index is 1610. The third-order valence-corrected chi connectivity index (χ3v) is 9.23. The summed E-state index contributed by atoms with van der Waals surface area (Å²) in [6.07, 6.45) is 9.61. The van der Waals surface area contributed by atoms with Crippen molar-refractivity contribution in [1.29, 1.82) is 5.26 Å². The van der Waals surface area contributed by atoms with E-state index in [2.05, 4.69) is 49.1 Å². The van der Waals surface area contributed by atoms with Gasteiger partial charge in [-0.05, 0) is 42.0 Å². The first kappa shape index (κ1) is 28.5. The van der Waals surface area contributed by atoms with Gasteiger partial charge in [-0.3, -0.25) is 9.80 Å². The predicted molar refractivity (Wildman–Crippen MR) is 166 cm³/mol. The first-order valence-electron chi connectivity index (χ1n) is 15.4. The van der Waals surface area contributed by atoms with Crippen LogP contribution in [-0.4, -0.2) is 102 Å². The lowest BCUT2D eigenvalue weighted by Crippen LogP contribution is -2.59. The molecule has 0 aromatic carbocycles. The van der Waals surface area contributed by atoms with Gasteiger partial charge in [-0.15, -0.1) is 0 Å². The molecule has 3 aliphatic rings. The monoisotopic (exact) mass is 594 g/mol. The molecular formula is C33H38N8O3. The number of pyridine rings is 3. The number of piperidine rings is 1. The Labute approximate surface area is 257 Å². The summed E-state index contributed by atoms with van der Waals surface area (Å²) < 4.78 is 18.5. The first-order chi connectivity index (χ1) is 21.6. The molecule has 0 radical (unpaired) electrons. The highest BCUT2D eigenvalue weighted by molar-refractivity contribution is 5.85. The first-order valence-corrected chi connectivity index (χ1v) is 15.4. The Morgan fingerprint density at radius 2 is 1.82 bits per heavy atom. The van der Waals surface area contributed by atoms with Crippen LogP contribution in [0.4, 0.5) is 5.82 Å². The van der Waals surface area contributed by atoms with E-state index in [0.717, 1.165) is 93.8 Å². The molecule has 3 saturated heterocycles. The van der Waals surface area contributed by atoms with Gasteiger partial charge in [0, 0.05) is 81.9 Å². The summed E-state index contributed by atoms with van der Waals surface area (Å²) in [6, 6.07) is 12.5. The lowest BCUT2D eigenvalue weighted by atomic mass is 9.72. The Kier molecular flexibility index (Phi) is 8.04. The highest BCUT2D eigenvalue weighted by Crippen LogP contribution is 2.42. The molecule has 7 rings (SSSR count). The minimum atomic E-state index is 0.403. The minimum Gasteiger partial charge on any atom is -0.491 e. The molecule has 4 aromatic heterocycles. The van der Waals surface area contributed by atoms with Gasteiger partial charge >= 0.3 is 0 Å². The van der Waals surface area contributed by atoms with Crippen molar-refractivity contribution in [1.82, 2.24) is 29.4 Å². The van der Waals surface area contributed by atoms with Crippen LogP contribution >= 0.6 is 0 Å². The summed E-state index contributed by atoms with van der Waals surface area (Å²) in [5.41, 5.74) is 4.75. The second-order valence-electron chi connectivity index (χ2n) is 12.1. The number of nitriles is 1. The number of rotatable bonds is 9. The smallest absolute Gasteiger partial charge is 0.212 e. The van der Waals surface area contributed by atoms with Gasteiger partial charge in [-0.25, -0.2) is 14.5 Å². The maximum atomic E-state index is 9.76. The fourth-order valence-electron chi connectivity index (χ4n) is 6.75. The van der Waals surface area contributed by atoms with Gasteiger partial charge in [0.05, 0.1) is 43.8 Å². The van der Waals surface area contributed by atoms with Gasteiger partial charge in [-0.1, -0.05) is 6.07 Å². The molecule has 0 saturated carbocycles. The lowest BCUT2D eigenvalue weighted by Gasteiger charge is -2.54. The van der Waals surface area contributed by atoms with Gasteiger partial charge in [0.25, 0.3) is 0 Å². The molecule has 0 bridgehead atoms. The Balaban J connectivity index is 0.987. The SMILES string of the molecule is COc1ccc(CN2CC3(CCN(c4ccc(-c5cc(OCCN6CCOCC6)cn6ncc(C#N)c56)cn4)CC3)C2)cn1. The quantitative estimate of drug-likeness (QED) is 0.286. The Hall–Kier alpha value is -4.24. The molecule has 1 spiro atoms. The molecule has 0 atom stereocenters. The average molecular weight is 595 g/mol. The van der Waals surface area contributed by atoms with E-state index in [1.54, 1.807) is 17.8 Å². The molecule has 0 aliphatic carbocycles. The summed E-state index contributed by atoms with van der Waals surface area (Å²) >= 11 is 0. The van der Waals surface area contributed by atoms with Crippen molar-refractivity contribution < 1.29 is 14.2 Å². The molecule has 0 amide bonds. The van der Waals surface area contributed by atoms with E-state index in [4.69, 9.17) is 19.2 Å². The summed E-state index contributed by atoms with van der Waals surface area (Å²) in [6.45, 7) is 10.00. The van der Waals surface area contributed by atoms with Crippen molar-refractivity contribution in [3.8, 4) is 28.8 Å². The van der Waals surface area contributed by atoms with Gasteiger partial charge in [0.1, 0.15) is 24.2 Å². The van der Waals surface area contributed by atoms with E-state index in [-0.39, 0.29) is 0 Å². The molecule has 228 valence electrons. The fourth-order valence-corrected chi connectivity index (χ4v) is 6.75. The average Bonchev–Trinajstić information content (AvgIpc) is 3.48. The molecular weight excluding hydrogens is 556 g/mol. The highest BCUT2D eigenvalue weighted by Gasteiger charge is 2.44. The van der Waals surface area contributed by atoms with Crippen molar-refractivity contribution >= 4 is 11.3 Å². The van der Waals surface area contributed by atoms with E-state index >= 15 is 0 Å². The topological polar surface area (TPSA) is 104 Å². The van der Waals surface area contributed by atoms with Crippen LogP contribution in [0.25, 0.3) is 16.6 Å². The number of morpholine rings is 1. The number of hydrogen-bond acceptors (Lipinski definition) is 10. The number of hydrogen-bond donors (Lipinski definition) is 0. The van der Waals surface area contributed by atoms with Crippen molar-refractivity contribution in [2.24, 2.45) is 5.41 Å². The van der Waals surface area contributed by atoms with Crippen LogP contribution in [0.1, 0.15) is 24.0 Å². The number of aromatic nitrogens is 4. The third-order valence-electron chi connectivity index (χ3n) is 9.23. The van der Waals surface area contributed by atoms with E-state index in [0.29, 0.717) is 23.5 Å². The van der Waals surface area contributed by atoms with Crippen LogP contribution in [0.2, 0.25) is 0 Å². The van der Waals surface area contributed by atoms with E-state index in [1.807, 2.05) is 30.7 Å². The molecule has 11 nitrogen and oxygen atoms in total. The summed E-state index contributed by atoms with van der Waals surface area (Å²) in [5, 5.41) is 14.2. The molecule has 4 aromatic rings. The van der Waals surface area contributed by atoms with Crippen LogP contribution in [0.15, 0.2) is 55.1 Å². The predicted octanol–water partition coefficient (Wildman–Crippen LogP) is 3.48. The zero-order valence-corrected chi connectivity index (χ0v) is 25.2. The van der Waals surface area contributed by atoms with Gasteiger partial charge in [0.15, 0.2) is 0 Å². The molecule has 11 heteroatoms. The normalized spacial score (nSPS) is 18.7. The standard InChI is InChI=1S/C33H38N8O3/c1-42-31-5-2-25(18-36-31)21-39-23-33(24-39)6-8-40(9-7-33)30-4-3-26(19-35-30)29-16-28(22-41-32(29)27(17-34)20-37-41)44-15-12-38-10-13-43-14-11-38/h2-5,16,18-20,22H,6-15,21,23-24H2,1H3. The van der Waals surface area contributed by atoms with E-state index in [9.17, 15) is 5.26 Å². The summed E-state index contributed by atoms with van der Waals surface area (Å²) in [4.78, 5) is 16.5. The van der Waals surface area contributed by atoms with Crippen LogP contribution in [0.5, 0.6) is 11.6 Å². The molecule has 44 heavy (non-hydrogen) atoms. The van der Waals surface area contributed by atoms with Crippen LogP contribution in [-0.2, 0) is 11.3 Å². The van der Waals surface area contributed by atoms with E-state index < -0.39 is 0 Å². The number of likely N-dealkylation sites (tertiary alicyclic amines) is 1. The number of nitrogens with zero attached hydrogens (tertiary/aromatic N) is 8. The number of fused-ring (bicyclic) bond motifs is 1. The zero-order chi connectivity index (χ0) is 29.9. The maximum absolute atomic E-state index is 9.76. The van der Waals surface area contributed by atoms with E-state index in [1.165, 1.54) is 18.4 Å². The van der Waals surface area contributed by atoms with Crippen molar-refractivity contribution in [3.63, 3.8) is 0 Å². The fraction of sp³-hybridized carbons (Fsp3) is 0.455. The minimum absolute atomic E-state index is 0.403. The lowest BCUT2D eigenvalue weighted by molar-refractivity contribution is -0.0241. The molecule has 3 aliphatic heterocycles. The highest BCUT2D eigenvalue weighted by atomic mass is 16.5. The molecule has 0 N–H and O–H groups in total. The summed E-state index contributed by atoms with van der Waals surface area (Å²) in [7, 11) is 1.64. The largest absolute Gasteiger partial charge is 0.491 e.